The molecule has 0 spiro atoms. The Morgan fingerprint density at radius 1 is 1.15 bits per heavy atom. The molecule has 0 fully saturated rings. The molecular weight excluding hydrogens is 261 g/mol. The fraction of sp³-hybridized carbons (Fsp3) is 0.133. The van der Waals surface area contributed by atoms with Gasteiger partial charge in [-0.15, -0.1) is 0 Å². The average molecular weight is 275 g/mol. The van der Waals surface area contributed by atoms with E-state index in [1.54, 1.807) is 6.07 Å². The quantitative estimate of drug-likeness (QED) is 0.688. The van der Waals surface area contributed by atoms with Crippen molar-refractivity contribution in [2.75, 3.05) is 20.0 Å². The lowest BCUT2D eigenvalue weighted by Gasteiger charge is -2.12. The number of benzene rings is 2. The van der Waals surface area contributed by atoms with Crippen molar-refractivity contribution in [1.82, 2.24) is 0 Å². The Balaban J connectivity index is 2.51. The number of ether oxygens (including phenoxy) is 2. The SMILES string of the molecule is COc1cc(C(=O)c2ccccc2F)cc(N)c1OC. The maximum atomic E-state index is 13.6. The fourth-order valence-electron chi connectivity index (χ4n) is 1.93. The summed E-state index contributed by atoms with van der Waals surface area (Å²) in [6, 6.07) is 8.69. The first kappa shape index (κ1) is 13.9. The molecule has 2 aromatic carbocycles. The van der Waals surface area contributed by atoms with Crippen LogP contribution in [0.4, 0.5) is 10.1 Å². The normalized spacial score (nSPS) is 10.2. The van der Waals surface area contributed by atoms with Gasteiger partial charge in [0.25, 0.3) is 0 Å². The first-order chi connectivity index (χ1) is 9.58. The van der Waals surface area contributed by atoms with Gasteiger partial charge in [0.15, 0.2) is 17.3 Å². The summed E-state index contributed by atoms with van der Waals surface area (Å²) in [5.41, 5.74) is 6.29. The second-order valence-electron chi connectivity index (χ2n) is 4.11. The Morgan fingerprint density at radius 3 is 2.45 bits per heavy atom. The lowest BCUT2D eigenvalue weighted by Crippen LogP contribution is -2.06. The molecule has 4 nitrogen and oxygen atoms in total. The zero-order valence-electron chi connectivity index (χ0n) is 11.1. The van der Waals surface area contributed by atoms with Gasteiger partial charge in [0, 0.05) is 5.56 Å². The van der Waals surface area contributed by atoms with E-state index < -0.39 is 11.6 Å². The highest BCUT2D eigenvalue weighted by Crippen LogP contribution is 2.35. The van der Waals surface area contributed by atoms with Gasteiger partial charge in [-0.1, -0.05) is 12.1 Å². The number of halogens is 1. The van der Waals surface area contributed by atoms with Crippen LogP contribution in [0.1, 0.15) is 15.9 Å². The van der Waals surface area contributed by atoms with Gasteiger partial charge < -0.3 is 15.2 Å². The van der Waals surface area contributed by atoms with Crippen LogP contribution in [0.3, 0.4) is 0 Å². The number of hydrogen-bond acceptors (Lipinski definition) is 4. The van der Waals surface area contributed by atoms with Gasteiger partial charge in [0.05, 0.1) is 25.5 Å². The molecule has 0 heterocycles. The van der Waals surface area contributed by atoms with Crippen LogP contribution in [-0.4, -0.2) is 20.0 Å². The highest BCUT2D eigenvalue weighted by atomic mass is 19.1. The summed E-state index contributed by atoms with van der Waals surface area (Å²) in [6.07, 6.45) is 0. The van der Waals surface area contributed by atoms with E-state index in [0.717, 1.165) is 0 Å². The second-order valence-corrected chi connectivity index (χ2v) is 4.11. The van der Waals surface area contributed by atoms with Crippen molar-refractivity contribution >= 4 is 11.5 Å². The number of nitrogen functional groups attached to an aromatic ring is 1. The third-order valence-corrected chi connectivity index (χ3v) is 2.89. The predicted molar refractivity (Wildman–Crippen MR) is 73.8 cm³/mol. The third-order valence-electron chi connectivity index (χ3n) is 2.89. The maximum Gasteiger partial charge on any atom is 0.196 e. The zero-order chi connectivity index (χ0) is 14.7. The highest BCUT2D eigenvalue weighted by Gasteiger charge is 2.18. The molecule has 0 aliphatic rings. The van der Waals surface area contributed by atoms with Gasteiger partial charge in [0.2, 0.25) is 0 Å². The van der Waals surface area contributed by atoms with Crippen molar-refractivity contribution in [2.45, 2.75) is 0 Å². The molecule has 0 unspecified atom stereocenters. The van der Waals surface area contributed by atoms with Crippen molar-refractivity contribution in [3.63, 3.8) is 0 Å². The molecule has 0 atom stereocenters. The van der Waals surface area contributed by atoms with Crippen molar-refractivity contribution in [2.24, 2.45) is 0 Å². The van der Waals surface area contributed by atoms with E-state index in [1.807, 2.05) is 0 Å². The molecule has 0 amide bonds. The predicted octanol–water partition coefficient (Wildman–Crippen LogP) is 2.66. The topological polar surface area (TPSA) is 61.5 Å². The van der Waals surface area contributed by atoms with Crippen LogP contribution in [0.5, 0.6) is 11.5 Å². The molecule has 2 N–H and O–H groups in total. The van der Waals surface area contributed by atoms with E-state index in [1.165, 1.54) is 44.6 Å². The lowest BCUT2D eigenvalue weighted by molar-refractivity contribution is 0.103. The number of rotatable bonds is 4. The smallest absolute Gasteiger partial charge is 0.196 e. The minimum atomic E-state index is -0.578. The van der Waals surface area contributed by atoms with Crippen LogP contribution in [0.25, 0.3) is 0 Å². The molecule has 2 aromatic rings. The van der Waals surface area contributed by atoms with Crippen LogP contribution in [0.15, 0.2) is 36.4 Å². The molecule has 104 valence electrons. The van der Waals surface area contributed by atoms with E-state index in [0.29, 0.717) is 11.5 Å². The first-order valence-electron chi connectivity index (χ1n) is 5.89. The lowest BCUT2D eigenvalue weighted by atomic mass is 10.0. The molecule has 20 heavy (non-hydrogen) atoms. The van der Waals surface area contributed by atoms with Gasteiger partial charge in [-0.3, -0.25) is 4.79 Å². The Labute approximate surface area is 115 Å². The van der Waals surface area contributed by atoms with Crippen molar-refractivity contribution < 1.29 is 18.7 Å². The molecule has 0 aliphatic heterocycles. The second kappa shape index (κ2) is 5.61. The number of nitrogens with two attached hydrogens (primary N) is 1. The summed E-state index contributed by atoms with van der Waals surface area (Å²) in [6.45, 7) is 0. The minimum Gasteiger partial charge on any atom is -0.493 e. The van der Waals surface area contributed by atoms with Crippen LogP contribution < -0.4 is 15.2 Å². The minimum absolute atomic E-state index is 0.0147. The molecule has 2 rings (SSSR count). The zero-order valence-corrected chi connectivity index (χ0v) is 11.1. The number of methoxy groups -OCH3 is 2. The van der Waals surface area contributed by atoms with Gasteiger partial charge in [-0.25, -0.2) is 4.39 Å². The fourth-order valence-corrected chi connectivity index (χ4v) is 1.93. The Morgan fingerprint density at radius 2 is 1.85 bits per heavy atom. The van der Waals surface area contributed by atoms with Gasteiger partial charge in [-0.2, -0.15) is 0 Å². The Kier molecular flexibility index (Phi) is 3.89. The summed E-state index contributed by atoms with van der Waals surface area (Å²) in [5, 5.41) is 0. The molecule has 0 aromatic heterocycles. The van der Waals surface area contributed by atoms with Crippen LogP contribution in [0, 0.1) is 5.82 Å². The summed E-state index contributed by atoms with van der Waals surface area (Å²) in [5.74, 6) is -0.369. The number of ketones is 1. The van der Waals surface area contributed by atoms with Crippen LogP contribution in [-0.2, 0) is 0 Å². The van der Waals surface area contributed by atoms with E-state index in [9.17, 15) is 9.18 Å². The monoisotopic (exact) mass is 275 g/mol. The highest BCUT2D eigenvalue weighted by molar-refractivity contribution is 6.10. The molecule has 0 bridgehead atoms. The number of anilines is 1. The largest absolute Gasteiger partial charge is 0.493 e. The van der Waals surface area contributed by atoms with Crippen molar-refractivity contribution in [3.8, 4) is 11.5 Å². The van der Waals surface area contributed by atoms with Crippen LogP contribution in [0.2, 0.25) is 0 Å². The van der Waals surface area contributed by atoms with E-state index in [-0.39, 0.29) is 16.8 Å². The summed E-state index contributed by atoms with van der Waals surface area (Å²) < 4.78 is 23.9. The van der Waals surface area contributed by atoms with Crippen LogP contribution >= 0.6 is 0 Å². The van der Waals surface area contributed by atoms with Gasteiger partial charge in [0.1, 0.15) is 5.82 Å². The van der Waals surface area contributed by atoms with Crippen molar-refractivity contribution in [3.05, 3.63) is 53.3 Å². The average Bonchev–Trinajstić information content (AvgIpc) is 2.46. The van der Waals surface area contributed by atoms with E-state index in [4.69, 9.17) is 15.2 Å². The Hall–Kier alpha value is -2.56. The van der Waals surface area contributed by atoms with Gasteiger partial charge in [-0.05, 0) is 24.3 Å². The third kappa shape index (κ3) is 2.42. The molecule has 0 radical (unpaired) electrons. The first-order valence-corrected chi connectivity index (χ1v) is 5.89. The molecule has 0 saturated heterocycles. The Bertz CT molecular complexity index is 656. The molecule has 0 saturated carbocycles. The number of carbonyl (C=O) groups is 1. The summed E-state index contributed by atoms with van der Waals surface area (Å²) in [4.78, 5) is 12.3. The van der Waals surface area contributed by atoms with E-state index >= 15 is 0 Å². The summed E-state index contributed by atoms with van der Waals surface area (Å²) >= 11 is 0. The molecule has 5 heteroatoms. The molecule has 0 aliphatic carbocycles. The number of carbonyl (C=O) groups excluding carboxylic acids is 1. The van der Waals surface area contributed by atoms with Crippen molar-refractivity contribution in [1.29, 1.82) is 0 Å². The van der Waals surface area contributed by atoms with Gasteiger partial charge >= 0.3 is 0 Å². The summed E-state index contributed by atoms with van der Waals surface area (Å²) in [7, 11) is 2.89. The standard InChI is InChI=1S/C15H14FNO3/c1-19-13-8-9(7-12(17)15(13)20-2)14(18)10-5-3-4-6-11(10)16/h3-8H,17H2,1-2H3. The maximum absolute atomic E-state index is 13.6. The van der Waals surface area contributed by atoms with E-state index in [2.05, 4.69) is 0 Å². The molecular formula is C15H14FNO3. The number of hydrogen-bond donors (Lipinski definition) is 1.